The fourth-order valence-corrected chi connectivity index (χ4v) is 3.50. The van der Waals surface area contributed by atoms with E-state index in [1.165, 1.54) is 0 Å². The minimum Gasteiger partial charge on any atom is -0.352 e. The first kappa shape index (κ1) is 17.5. The van der Waals surface area contributed by atoms with Gasteiger partial charge in [0.1, 0.15) is 5.82 Å². The molecule has 3 aromatic rings. The molecule has 0 saturated heterocycles. The number of nitrogens with zero attached hydrogens (tertiary/aromatic N) is 3. The van der Waals surface area contributed by atoms with Crippen LogP contribution >= 0.6 is 11.8 Å². The fraction of sp³-hybridized carbons (Fsp3) is 0.316. The normalized spacial score (nSPS) is 11.2. The summed E-state index contributed by atoms with van der Waals surface area (Å²) in [7, 11) is 0. The van der Waals surface area contributed by atoms with Crippen molar-refractivity contribution in [3.8, 4) is 0 Å². The fourth-order valence-electron chi connectivity index (χ4n) is 2.54. The molecular weight excluding hydrogens is 332 g/mol. The second-order valence-corrected chi connectivity index (χ2v) is 7.26. The molecule has 0 aliphatic rings. The van der Waals surface area contributed by atoms with E-state index >= 15 is 0 Å². The number of aromatic nitrogens is 3. The summed E-state index contributed by atoms with van der Waals surface area (Å²) in [6.07, 6.45) is 2.58. The van der Waals surface area contributed by atoms with Crippen molar-refractivity contribution in [2.45, 2.75) is 49.4 Å². The van der Waals surface area contributed by atoms with Gasteiger partial charge in [-0.2, -0.15) is 0 Å². The Hall–Kier alpha value is -2.34. The summed E-state index contributed by atoms with van der Waals surface area (Å²) in [6.45, 7) is 6.63. The molecule has 130 valence electrons. The molecule has 1 N–H and O–H groups in total. The molecule has 5 nitrogen and oxygen atoms in total. The molecule has 0 aliphatic heterocycles. The van der Waals surface area contributed by atoms with E-state index in [2.05, 4.69) is 58.2 Å². The first-order valence-corrected chi connectivity index (χ1v) is 9.27. The molecule has 25 heavy (non-hydrogen) atoms. The maximum atomic E-state index is 11.5. The molecule has 0 unspecified atom stereocenters. The molecule has 1 aromatic carbocycles. The highest BCUT2D eigenvalue weighted by Gasteiger charge is 2.11. The summed E-state index contributed by atoms with van der Waals surface area (Å²) in [5, 5.41) is 11.4. The Labute approximate surface area is 151 Å². The molecule has 0 saturated carbocycles. The van der Waals surface area contributed by atoms with Gasteiger partial charge >= 0.3 is 0 Å². The Morgan fingerprint density at radius 3 is 2.76 bits per heavy atom. The summed E-state index contributed by atoms with van der Waals surface area (Å²) in [5.74, 6) is 1.33. The predicted molar refractivity (Wildman–Crippen MR) is 99.8 cm³/mol. The second-order valence-electron chi connectivity index (χ2n) is 6.15. The third-order valence-corrected chi connectivity index (χ3v) is 5.01. The number of carbonyl (C=O) groups is 1. The Morgan fingerprint density at radius 2 is 2.00 bits per heavy atom. The summed E-state index contributed by atoms with van der Waals surface area (Å²) in [4.78, 5) is 13.8. The zero-order chi connectivity index (χ0) is 17.8. The number of rotatable bonds is 6. The highest BCUT2D eigenvalue weighted by atomic mass is 32.2. The molecule has 1 amide bonds. The Kier molecular flexibility index (Phi) is 5.38. The van der Waals surface area contributed by atoms with Crippen LogP contribution in [0.15, 0.2) is 52.4 Å². The van der Waals surface area contributed by atoms with E-state index in [0.717, 1.165) is 26.8 Å². The molecule has 0 atom stereocenters. The Bertz CT molecular complexity index is 888. The monoisotopic (exact) mass is 354 g/mol. The van der Waals surface area contributed by atoms with Gasteiger partial charge in [-0.05, 0) is 23.8 Å². The van der Waals surface area contributed by atoms with Gasteiger partial charge in [0.05, 0.1) is 0 Å². The largest absolute Gasteiger partial charge is 0.352 e. The van der Waals surface area contributed by atoms with Gasteiger partial charge in [-0.3, -0.25) is 9.20 Å². The van der Waals surface area contributed by atoms with E-state index < -0.39 is 0 Å². The summed E-state index contributed by atoms with van der Waals surface area (Å²) < 4.78 is 2.05. The smallest absolute Gasteiger partial charge is 0.219 e. The number of hydrogen-bond donors (Lipinski definition) is 1. The quantitative estimate of drug-likeness (QED) is 0.726. The van der Waals surface area contributed by atoms with Crippen LogP contribution in [0.2, 0.25) is 0 Å². The lowest BCUT2D eigenvalue weighted by Gasteiger charge is -2.11. The number of amides is 1. The standard InChI is InChI=1S/C19H22N4OS/c1-4-18(24)20-11-14-7-5-6-8-16(14)25-15-9-10-17-21-22-19(13(2)3)23(17)12-15/h5-10,12-13H,4,11H2,1-3H3,(H,20,24). The number of carbonyl (C=O) groups excluding carboxylic acids is 1. The van der Waals surface area contributed by atoms with E-state index in [1.807, 2.05) is 25.1 Å². The summed E-state index contributed by atoms with van der Waals surface area (Å²) in [6, 6.07) is 12.2. The van der Waals surface area contributed by atoms with Gasteiger partial charge in [0.25, 0.3) is 0 Å². The topological polar surface area (TPSA) is 59.3 Å². The van der Waals surface area contributed by atoms with Gasteiger partial charge in [0.15, 0.2) is 5.65 Å². The second kappa shape index (κ2) is 7.70. The van der Waals surface area contributed by atoms with Crippen molar-refractivity contribution >= 4 is 23.3 Å². The van der Waals surface area contributed by atoms with Crippen molar-refractivity contribution < 1.29 is 4.79 Å². The number of pyridine rings is 1. The number of benzene rings is 1. The van der Waals surface area contributed by atoms with Crippen LogP contribution in [0.5, 0.6) is 0 Å². The lowest BCUT2D eigenvalue weighted by atomic mass is 10.2. The number of fused-ring (bicyclic) bond motifs is 1. The minimum absolute atomic E-state index is 0.0623. The van der Waals surface area contributed by atoms with Crippen molar-refractivity contribution in [1.29, 1.82) is 0 Å². The van der Waals surface area contributed by atoms with Gasteiger partial charge in [0.2, 0.25) is 5.91 Å². The molecule has 0 spiro atoms. The van der Waals surface area contributed by atoms with Crippen molar-refractivity contribution in [2.24, 2.45) is 0 Å². The number of nitrogens with one attached hydrogen (secondary N) is 1. The molecule has 3 rings (SSSR count). The zero-order valence-electron chi connectivity index (χ0n) is 14.7. The highest BCUT2D eigenvalue weighted by molar-refractivity contribution is 7.99. The highest BCUT2D eigenvalue weighted by Crippen LogP contribution is 2.31. The van der Waals surface area contributed by atoms with Crippen molar-refractivity contribution in [2.75, 3.05) is 0 Å². The lowest BCUT2D eigenvalue weighted by molar-refractivity contribution is -0.120. The lowest BCUT2D eigenvalue weighted by Crippen LogP contribution is -2.21. The third kappa shape index (κ3) is 4.02. The van der Waals surface area contributed by atoms with Crippen molar-refractivity contribution in [3.05, 3.63) is 54.0 Å². The van der Waals surface area contributed by atoms with Crippen LogP contribution < -0.4 is 5.32 Å². The summed E-state index contributed by atoms with van der Waals surface area (Å²) >= 11 is 1.68. The van der Waals surface area contributed by atoms with Crippen molar-refractivity contribution in [3.63, 3.8) is 0 Å². The molecular formula is C19H22N4OS. The molecule has 6 heteroatoms. The molecule has 0 aliphatic carbocycles. The zero-order valence-corrected chi connectivity index (χ0v) is 15.5. The Morgan fingerprint density at radius 1 is 1.20 bits per heavy atom. The van der Waals surface area contributed by atoms with Crippen LogP contribution in [-0.2, 0) is 11.3 Å². The molecule has 2 aromatic heterocycles. The molecule has 0 fully saturated rings. The van der Waals surface area contributed by atoms with E-state index in [4.69, 9.17) is 0 Å². The molecule has 0 radical (unpaired) electrons. The van der Waals surface area contributed by atoms with E-state index in [9.17, 15) is 4.79 Å². The van der Waals surface area contributed by atoms with Gasteiger partial charge in [-0.15, -0.1) is 10.2 Å². The van der Waals surface area contributed by atoms with Gasteiger partial charge in [-0.25, -0.2) is 0 Å². The van der Waals surface area contributed by atoms with Gasteiger partial charge in [-0.1, -0.05) is 50.7 Å². The first-order valence-electron chi connectivity index (χ1n) is 8.45. The average molecular weight is 354 g/mol. The van der Waals surface area contributed by atoms with E-state index in [0.29, 0.717) is 18.9 Å². The van der Waals surface area contributed by atoms with Crippen molar-refractivity contribution in [1.82, 2.24) is 19.9 Å². The van der Waals surface area contributed by atoms with Gasteiger partial charge in [0, 0.05) is 34.9 Å². The van der Waals surface area contributed by atoms with Crippen LogP contribution in [0.3, 0.4) is 0 Å². The average Bonchev–Trinajstić information content (AvgIpc) is 3.04. The van der Waals surface area contributed by atoms with Crippen LogP contribution in [-0.4, -0.2) is 20.5 Å². The summed E-state index contributed by atoms with van der Waals surface area (Å²) in [5.41, 5.74) is 1.97. The molecule has 2 heterocycles. The first-order chi connectivity index (χ1) is 12.1. The van der Waals surface area contributed by atoms with E-state index in [1.54, 1.807) is 11.8 Å². The maximum absolute atomic E-state index is 11.5. The third-order valence-electron chi connectivity index (χ3n) is 3.92. The SMILES string of the molecule is CCC(=O)NCc1ccccc1Sc1ccc2nnc(C(C)C)n2c1. The Balaban J connectivity index is 1.86. The number of hydrogen-bond acceptors (Lipinski definition) is 4. The van der Waals surface area contributed by atoms with Crippen LogP contribution in [0.4, 0.5) is 0 Å². The molecule has 0 bridgehead atoms. The van der Waals surface area contributed by atoms with E-state index in [-0.39, 0.29) is 5.91 Å². The minimum atomic E-state index is 0.0623. The van der Waals surface area contributed by atoms with Gasteiger partial charge < -0.3 is 5.32 Å². The predicted octanol–water partition coefficient (Wildman–Crippen LogP) is 4.03. The van der Waals surface area contributed by atoms with Crippen LogP contribution in [0.25, 0.3) is 5.65 Å². The van der Waals surface area contributed by atoms with Crippen LogP contribution in [0.1, 0.15) is 44.5 Å². The maximum Gasteiger partial charge on any atom is 0.219 e. The van der Waals surface area contributed by atoms with Crippen LogP contribution in [0, 0.1) is 0 Å².